The number of likely N-dealkylation sites (tertiary alicyclic amines) is 1. The molecule has 2 saturated heterocycles. The molecular weight excluding hydrogens is 432 g/mol. The standard InChI is InChI=1S/C27H40N2O5/c1-5-32-23-12-9-11-19-25-20(27(3,4)34-26(19)23)17-21-22(33-25)13-10-16-29(21)24(31)14-7-6-8-15-28-18(2)30/h9,11-12,20-22,25H,5-8,10,13-17H2,1-4H3,(H,28,30)/t20-,21-,22-,25+/m0/s1. The molecule has 7 heteroatoms. The first kappa shape index (κ1) is 24.8. The maximum absolute atomic E-state index is 13.2. The Balaban J connectivity index is 1.44. The topological polar surface area (TPSA) is 77.1 Å². The Kier molecular flexibility index (Phi) is 7.70. The molecule has 4 atom stereocenters. The van der Waals surface area contributed by atoms with Crippen molar-refractivity contribution in [1.82, 2.24) is 10.2 Å². The van der Waals surface area contributed by atoms with Crippen molar-refractivity contribution in [1.29, 1.82) is 0 Å². The highest BCUT2D eigenvalue weighted by molar-refractivity contribution is 5.76. The Morgan fingerprint density at radius 3 is 2.82 bits per heavy atom. The molecule has 0 saturated carbocycles. The number of piperidine rings is 1. The fraction of sp³-hybridized carbons (Fsp3) is 0.704. The van der Waals surface area contributed by atoms with Crippen LogP contribution in [0.1, 0.15) is 84.3 Å². The van der Waals surface area contributed by atoms with E-state index in [1.165, 1.54) is 6.92 Å². The molecular formula is C27H40N2O5. The zero-order valence-electron chi connectivity index (χ0n) is 21.1. The van der Waals surface area contributed by atoms with Crippen LogP contribution in [0.4, 0.5) is 0 Å². The number of nitrogens with zero attached hydrogens (tertiary/aromatic N) is 1. The number of nitrogens with one attached hydrogen (secondary N) is 1. The van der Waals surface area contributed by atoms with Crippen LogP contribution >= 0.6 is 0 Å². The van der Waals surface area contributed by atoms with Gasteiger partial charge < -0.3 is 24.4 Å². The Morgan fingerprint density at radius 2 is 2.06 bits per heavy atom. The third-order valence-electron chi connectivity index (χ3n) is 7.53. The second-order valence-electron chi connectivity index (χ2n) is 10.3. The Morgan fingerprint density at radius 1 is 1.24 bits per heavy atom. The van der Waals surface area contributed by atoms with Crippen molar-refractivity contribution < 1.29 is 23.8 Å². The lowest BCUT2D eigenvalue weighted by atomic mass is 9.72. The first-order chi connectivity index (χ1) is 16.3. The summed E-state index contributed by atoms with van der Waals surface area (Å²) in [6, 6.07) is 6.17. The first-order valence-corrected chi connectivity index (χ1v) is 13.0. The summed E-state index contributed by atoms with van der Waals surface area (Å²) < 4.78 is 19.2. The molecule has 188 valence electrons. The van der Waals surface area contributed by atoms with Gasteiger partial charge in [-0.15, -0.1) is 0 Å². The molecule has 1 aromatic rings. The number of benzene rings is 1. The average molecular weight is 473 g/mol. The molecule has 34 heavy (non-hydrogen) atoms. The van der Waals surface area contributed by atoms with Gasteiger partial charge in [0.2, 0.25) is 11.8 Å². The summed E-state index contributed by atoms with van der Waals surface area (Å²) in [5.74, 6) is 1.96. The van der Waals surface area contributed by atoms with Crippen LogP contribution in [-0.2, 0) is 14.3 Å². The predicted molar refractivity (Wildman–Crippen MR) is 130 cm³/mol. The van der Waals surface area contributed by atoms with Gasteiger partial charge in [-0.1, -0.05) is 18.6 Å². The van der Waals surface area contributed by atoms with Crippen LogP contribution in [-0.4, -0.2) is 54.2 Å². The van der Waals surface area contributed by atoms with E-state index < -0.39 is 5.60 Å². The molecule has 0 aliphatic carbocycles. The summed E-state index contributed by atoms with van der Waals surface area (Å²) in [5.41, 5.74) is 0.641. The maximum Gasteiger partial charge on any atom is 0.222 e. The minimum atomic E-state index is -0.425. The number of rotatable bonds is 8. The number of amides is 2. The first-order valence-electron chi connectivity index (χ1n) is 13.0. The lowest BCUT2D eigenvalue weighted by molar-refractivity contribution is -0.193. The highest BCUT2D eigenvalue weighted by Crippen LogP contribution is 2.54. The molecule has 0 aromatic heterocycles. The van der Waals surface area contributed by atoms with Gasteiger partial charge in [0.15, 0.2) is 11.5 Å². The summed E-state index contributed by atoms with van der Waals surface area (Å²) in [7, 11) is 0. The van der Waals surface area contributed by atoms with Gasteiger partial charge in [-0.25, -0.2) is 0 Å². The summed E-state index contributed by atoms with van der Waals surface area (Å²) in [4.78, 5) is 26.3. The number of ether oxygens (including phenoxy) is 3. The zero-order chi connectivity index (χ0) is 24.3. The zero-order valence-corrected chi connectivity index (χ0v) is 21.1. The predicted octanol–water partition coefficient (Wildman–Crippen LogP) is 4.39. The summed E-state index contributed by atoms with van der Waals surface area (Å²) in [6.45, 7) is 9.84. The quantitative estimate of drug-likeness (QED) is 0.568. The highest BCUT2D eigenvalue weighted by atomic mass is 16.5. The molecule has 3 aliphatic rings. The van der Waals surface area contributed by atoms with Gasteiger partial charge >= 0.3 is 0 Å². The van der Waals surface area contributed by atoms with Gasteiger partial charge in [-0.05, 0) is 58.9 Å². The molecule has 0 radical (unpaired) electrons. The Hall–Kier alpha value is -2.28. The van der Waals surface area contributed by atoms with Crippen molar-refractivity contribution in [3.8, 4) is 11.5 Å². The molecule has 0 bridgehead atoms. The monoisotopic (exact) mass is 472 g/mol. The largest absolute Gasteiger partial charge is 0.490 e. The van der Waals surface area contributed by atoms with E-state index in [2.05, 4.69) is 30.1 Å². The van der Waals surface area contributed by atoms with Crippen LogP contribution in [0.15, 0.2) is 18.2 Å². The number of unbranched alkanes of at least 4 members (excludes halogenated alkanes) is 2. The molecule has 2 amide bonds. The van der Waals surface area contributed by atoms with Crippen LogP contribution in [0, 0.1) is 5.92 Å². The van der Waals surface area contributed by atoms with Crippen LogP contribution < -0.4 is 14.8 Å². The molecule has 7 nitrogen and oxygen atoms in total. The molecule has 4 rings (SSSR count). The third kappa shape index (κ3) is 5.19. The molecule has 0 unspecified atom stereocenters. The van der Waals surface area contributed by atoms with E-state index in [9.17, 15) is 9.59 Å². The fourth-order valence-electron chi connectivity index (χ4n) is 5.83. The van der Waals surface area contributed by atoms with Gasteiger partial charge in [-0.3, -0.25) is 9.59 Å². The van der Waals surface area contributed by atoms with E-state index in [1.54, 1.807) is 0 Å². The van der Waals surface area contributed by atoms with E-state index in [1.807, 2.05) is 19.1 Å². The van der Waals surface area contributed by atoms with Crippen LogP contribution in [0.3, 0.4) is 0 Å². The van der Waals surface area contributed by atoms with Crippen LogP contribution in [0.25, 0.3) is 0 Å². The number of carbonyl (C=O) groups is 2. The number of hydrogen-bond acceptors (Lipinski definition) is 5. The van der Waals surface area contributed by atoms with E-state index in [0.717, 1.165) is 62.1 Å². The fourth-order valence-corrected chi connectivity index (χ4v) is 5.83. The second-order valence-corrected chi connectivity index (χ2v) is 10.3. The van der Waals surface area contributed by atoms with Gasteiger partial charge in [-0.2, -0.15) is 0 Å². The van der Waals surface area contributed by atoms with E-state index in [4.69, 9.17) is 14.2 Å². The molecule has 1 N–H and O–H groups in total. The van der Waals surface area contributed by atoms with Crippen LogP contribution in [0.2, 0.25) is 0 Å². The Bertz CT molecular complexity index is 886. The van der Waals surface area contributed by atoms with Crippen molar-refractivity contribution in [3.63, 3.8) is 0 Å². The van der Waals surface area contributed by atoms with Crippen molar-refractivity contribution >= 4 is 11.8 Å². The van der Waals surface area contributed by atoms with Crippen molar-refractivity contribution in [2.24, 2.45) is 5.92 Å². The SMILES string of the molecule is CCOc1cccc2c1OC(C)(C)[C@H]1C[C@H]3[C@H](CCCN3C(=O)CCCCCNC(C)=O)O[C@H]21. The van der Waals surface area contributed by atoms with Gasteiger partial charge in [0.25, 0.3) is 0 Å². The maximum atomic E-state index is 13.2. The summed E-state index contributed by atoms with van der Waals surface area (Å²) >= 11 is 0. The molecule has 1 aromatic carbocycles. The summed E-state index contributed by atoms with van der Waals surface area (Å²) in [6.07, 6.45) is 6.08. The van der Waals surface area contributed by atoms with Gasteiger partial charge in [0, 0.05) is 37.9 Å². The van der Waals surface area contributed by atoms with Crippen LogP contribution in [0.5, 0.6) is 11.5 Å². The lowest BCUT2D eigenvalue weighted by Gasteiger charge is -2.54. The normalized spacial score (nSPS) is 27.0. The number of carbonyl (C=O) groups excluding carboxylic acids is 2. The molecule has 0 spiro atoms. The smallest absolute Gasteiger partial charge is 0.222 e. The number of hydrogen-bond donors (Lipinski definition) is 1. The molecule has 2 fully saturated rings. The average Bonchev–Trinajstić information content (AvgIpc) is 2.80. The lowest BCUT2D eigenvalue weighted by Crippen LogP contribution is -2.60. The minimum Gasteiger partial charge on any atom is -0.490 e. The third-order valence-corrected chi connectivity index (χ3v) is 7.53. The Labute approximate surface area is 203 Å². The molecule has 3 aliphatic heterocycles. The van der Waals surface area contributed by atoms with E-state index in [-0.39, 0.29) is 36.0 Å². The number of para-hydroxylation sites is 1. The second kappa shape index (κ2) is 10.5. The van der Waals surface area contributed by atoms with E-state index >= 15 is 0 Å². The van der Waals surface area contributed by atoms with Gasteiger partial charge in [0.05, 0.1) is 24.9 Å². The number of fused-ring (bicyclic) bond motifs is 4. The highest BCUT2D eigenvalue weighted by Gasteiger charge is 2.53. The van der Waals surface area contributed by atoms with Gasteiger partial charge in [0.1, 0.15) is 5.60 Å². The molecule has 3 heterocycles. The van der Waals surface area contributed by atoms with E-state index in [0.29, 0.717) is 19.6 Å². The van der Waals surface area contributed by atoms with Crippen molar-refractivity contribution in [2.45, 2.75) is 96.5 Å². The minimum absolute atomic E-state index is 0.00242. The van der Waals surface area contributed by atoms with Crippen molar-refractivity contribution in [2.75, 3.05) is 19.7 Å². The van der Waals surface area contributed by atoms with Crippen molar-refractivity contribution in [3.05, 3.63) is 23.8 Å². The summed E-state index contributed by atoms with van der Waals surface area (Å²) in [5, 5.41) is 2.82.